The van der Waals surface area contributed by atoms with Crippen LogP contribution in [0, 0.1) is 0 Å². The number of hydrogen-bond acceptors (Lipinski definition) is 2. The first-order valence-corrected chi connectivity index (χ1v) is 5.56. The minimum Gasteiger partial charge on any atom is -0.480 e. The number of hydrogen-bond donors (Lipinski definition) is 2. The molecule has 0 fully saturated rings. The summed E-state index contributed by atoms with van der Waals surface area (Å²) in [5.74, 6) is -1.10. The third-order valence-corrected chi connectivity index (χ3v) is 2.33. The van der Waals surface area contributed by atoms with E-state index in [1.807, 2.05) is 0 Å². The van der Waals surface area contributed by atoms with Gasteiger partial charge in [-0.1, -0.05) is 17.7 Å². The van der Waals surface area contributed by atoms with Gasteiger partial charge < -0.3 is 10.4 Å². The van der Waals surface area contributed by atoms with Crippen LogP contribution in [0.1, 0.15) is 0 Å². The third-order valence-electron chi connectivity index (χ3n) is 2.07. The van der Waals surface area contributed by atoms with Crippen LogP contribution in [0.15, 0.2) is 36.9 Å². The number of nitrogens with zero attached hydrogens (tertiary/aromatic N) is 1. The molecular weight excluding hydrogens is 256 g/mol. The number of rotatable bonds is 5. The van der Waals surface area contributed by atoms with Crippen LogP contribution in [0.4, 0.5) is 10.5 Å². The van der Waals surface area contributed by atoms with E-state index in [9.17, 15) is 9.59 Å². The van der Waals surface area contributed by atoms with Crippen molar-refractivity contribution in [2.75, 3.05) is 18.0 Å². The maximum absolute atomic E-state index is 11.8. The molecule has 0 radical (unpaired) electrons. The van der Waals surface area contributed by atoms with Crippen molar-refractivity contribution in [1.82, 2.24) is 5.32 Å². The molecule has 18 heavy (non-hydrogen) atoms. The number of carboxylic acid groups (broad SMARTS) is 1. The number of urea groups is 1. The number of carbonyl (C=O) groups excluding carboxylic acids is 1. The number of nitrogens with one attached hydrogen (secondary N) is 1. The average molecular weight is 269 g/mol. The van der Waals surface area contributed by atoms with Gasteiger partial charge in [0, 0.05) is 17.3 Å². The highest BCUT2D eigenvalue weighted by molar-refractivity contribution is 6.30. The van der Waals surface area contributed by atoms with Crippen LogP contribution < -0.4 is 10.2 Å². The Bertz CT molecular complexity index is 445. The highest BCUT2D eigenvalue weighted by atomic mass is 35.5. The summed E-state index contributed by atoms with van der Waals surface area (Å²) in [6, 6.07) is 5.84. The predicted molar refractivity (Wildman–Crippen MR) is 70.0 cm³/mol. The van der Waals surface area contributed by atoms with E-state index in [-0.39, 0.29) is 6.54 Å². The van der Waals surface area contributed by atoms with Crippen LogP contribution in [0.5, 0.6) is 0 Å². The van der Waals surface area contributed by atoms with Gasteiger partial charge in [-0.05, 0) is 24.3 Å². The maximum atomic E-state index is 11.8. The van der Waals surface area contributed by atoms with Crippen LogP contribution in [-0.2, 0) is 4.79 Å². The van der Waals surface area contributed by atoms with Crippen LogP contribution in [0.25, 0.3) is 0 Å². The summed E-state index contributed by atoms with van der Waals surface area (Å²) in [5, 5.41) is 11.8. The van der Waals surface area contributed by atoms with Crippen molar-refractivity contribution in [2.45, 2.75) is 0 Å². The van der Waals surface area contributed by atoms with Gasteiger partial charge in [0.2, 0.25) is 0 Å². The van der Waals surface area contributed by atoms with Crippen molar-refractivity contribution >= 4 is 29.3 Å². The molecule has 2 N–H and O–H groups in total. The lowest BCUT2D eigenvalue weighted by Gasteiger charge is -2.21. The second kappa shape index (κ2) is 6.66. The second-order valence-corrected chi connectivity index (χ2v) is 3.87. The van der Waals surface area contributed by atoms with E-state index in [4.69, 9.17) is 16.7 Å². The molecular formula is C12H13ClN2O3. The Labute approximate surface area is 110 Å². The molecule has 0 aliphatic carbocycles. The zero-order chi connectivity index (χ0) is 13.5. The Hall–Kier alpha value is -2.01. The number of halogens is 1. The average Bonchev–Trinajstić information content (AvgIpc) is 2.34. The lowest BCUT2D eigenvalue weighted by molar-refractivity contribution is -0.135. The van der Waals surface area contributed by atoms with E-state index in [2.05, 4.69) is 11.9 Å². The first-order chi connectivity index (χ1) is 8.54. The molecule has 1 rings (SSSR count). The fraction of sp³-hybridized carbons (Fsp3) is 0.167. The van der Waals surface area contributed by atoms with Crippen LogP contribution in [-0.4, -0.2) is 30.2 Å². The highest BCUT2D eigenvalue weighted by Gasteiger charge is 2.17. The maximum Gasteiger partial charge on any atom is 0.323 e. The molecule has 0 aliphatic heterocycles. The standard InChI is InChI=1S/C12H13ClN2O3/c1-2-7-14-12(18)15(8-11(16)17)10-5-3-9(13)4-6-10/h2-6H,1,7-8H2,(H,14,18)(H,16,17). The van der Waals surface area contributed by atoms with Gasteiger partial charge in [0.15, 0.2) is 0 Å². The molecule has 0 aromatic heterocycles. The zero-order valence-corrected chi connectivity index (χ0v) is 10.4. The van der Waals surface area contributed by atoms with Crippen molar-refractivity contribution in [1.29, 1.82) is 0 Å². The molecule has 0 spiro atoms. The molecule has 1 aromatic rings. The SMILES string of the molecule is C=CCNC(=O)N(CC(=O)O)c1ccc(Cl)cc1. The van der Waals surface area contributed by atoms with Crippen molar-refractivity contribution in [3.8, 4) is 0 Å². The summed E-state index contributed by atoms with van der Waals surface area (Å²) in [6.07, 6.45) is 1.51. The van der Waals surface area contributed by atoms with E-state index in [1.54, 1.807) is 24.3 Å². The molecule has 0 saturated carbocycles. The molecule has 0 heterocycles. The smallest absolute Gasteiger partial charge is 0.323 e. The van der Waals surface area contributed by atoms with Crippen molar-refractivity contribution in [3.63, 3.8) is 0 Å². The second-order valence-electron chi connectivity index (χ2n) is 3.43. The van der Waals surface area contributed by atoms with Crippen LogP contribution >= 0.6 is 11.6 Å². The molecule has 2 amide bonds. The quantitative estimate of drug-likeness (QED) is 0.804. The third kappa shape index (κ3) is 4.10. The molecule has 0 unspecified atom stereocenters. The Morgan fingerprint density at radius 2 is 2.00 bits per heavy atom. The normalized spacial score (nSPS) is 9.61. The molecule has 0 aliphatic rings. The summed E-state index contributed by atoms with van der Waals surface area (Å²) in [4.78, 5) is 23.7. The Balaban J connectivity index is 2.89. The van der Waals surface area contributed by atoms with Gasteiger partial charge in [0.1, 0.15) is 6.54 Å². The topological polar surface area (TPSA) is 69.6 Å². The van der Waals surface area contributed by atoms with E-state index < -0.39 is 18.5 Å². The van der Waals surface area contributed by atoms with Crippen molar-refractivity contribution in [2.24, 2.45) is 0 Å². The van der Waals surface area contributed by atoms with Gasteiger partial charge >= 0.3 is 12.0 Å². The van der Waals surface area contributed by atoms with Gasteiger partial charge in [-0.15, -0.1) is 6.58 Å². The van der Waals surface area contributed by atoms with Crippen molar-refractivity contribution < 1.29 is 14.7 Å². The van der Waals surface area contributed by atoms with Gasteiger partial charge in [0.05, 0.1) is 0 Å². The fourth-order valence-corrected chi connectivity index (χ4v) is 1.42. The van der Waals surface area contributed by atoms with Gasteiger partial charge in [0.25, 0.3) is 0 Å². The number of benzene rings is 1. The van der Waals surface area contributed by atoms with E-state index >= 15 is 0 Å². The monoisotopic (exact) mass is 268 g/mol. The van der Waals surface area contributed by atoms with E-state index in [0.717, 1.165) is 4.90 Å². The molecule has 0 bridgehead atoms. The summed E-state index contributed by atoms with van der Waals surface area (Å²) in [6.45, 7) is 3.31. The molecule has 5 nitrogen and oxygen atoms in total. The predicted octanol–water partition coefficient (Wildman–Crippen LogP) is 2.13. The summed E-state index contributed by atoms with van der Waals surface area (Å²) < 4.78 is 0. The summed E-state index contributed by atoms with van der Waals surface area (Å²) >= 11 is 5.74. The van der Waals surface area contributed by atoms with Crippen LogP contribution in [0.3, 0.4) is 0 Å². The Morgan fingerprint density at radius 3 is 2.50 bits per heavy atom. The number of aliphatic carboxylic acids is 1. The van der Waals surface area contributed by atoms with Crippen LogP contribution in [0.2, 0.25) is 5.02 Å². The van der Waals surface area contributed by atoms with Crippen molar-refractivity contribution in [3.05, 3.63) is 41.9 Å². The number of amides is 2. The number of carboxylic acids is 1. The largest absolute Gasteiger partial charge is 0.480 e. The molecule has 96 valence electrons. The first-order valence-electron chi connectivity index (χ1n) is 5.18. The highest BCUT2D eigenvalue weighted by Crippen LogP contribution is 2.17. The minimum absolute atomic E-state index is 0.266. The summed E-state index contributed by atoms with van der Waals surface area (Å²) in [7, 11) is 0. The number of anilines is 1. The molecule has 0 saturated heterocycles. The van der Waals surface area contributed by atoms with E-state index in [0.29, 0.717) is 10.7 Å². The fourth-order valence-electron chi connectivity index (χ4n) is 1.29. The lowest BCUT2D eigenvalue weighted by Crippen LogP contribution is -2.43. The Kier molecular flexibility index (Phi) is 5.20. The number of carbonyl (C=O) groups is 2. The molecule has 1 aromatic carbocycles. The zero-order valence-electron chi connectivity index (χ0n) is 9.60. The lowest BCUT2D eigenvalue weighted by atomic mass is 10.3. The van der Waals surface area contributed by atoms with E-state index in [1.165, 1.54) is 6.08 Å². The minimum atomic E-state index is -1.10. The van der Waals surface area contributed by atoms with Gasteiger partial charge in [-0.3, -0.25) is 9.69 Å². The Morgan fingerprint density at radius 1 is 1.39 bits per heavy atom. The molecule has 6 heteroatoms. The van der Waals surface area contributed by atoms with Gasteiger partial charge in [-0.25, -0.2) is 4.79 Å². The first kappa shape index (κ1) is 14.1. The summed E-state index contributed by atoms with van der Waals surface area (Å²) in [5.41, 5.74) is 0.461. The molecule has 0 atom stereocenters. The van der Waals surface area contributed by atoms with Gasteiger partial charge in [-0.2, -0.15) is 0 Å².